The molecule has 1 aromatic carbocycles. The Morgan fingerprint density at radius 1 is 1.13 bits per heavy atom. The summed E-state index contributed by atoms with van der Waals surface area (Å²) in [4.78, 5) is 30.7. The molecule has 0 saturated heterocycles. The molecule has 0 saturated carbocycles. The molecule has 2 aromatic heterocycles. The van der Waals surface area contributed by atoms with Crippen LogP contribution in [0.25, 0.3) is 10.9 Å². The van der Waals surface area contributed by atoms with Crippen LogP contribution < -0.4 is 5.43 Å². The van der Waals surface area contributed by atoms with Gasteiger partial charge in [-0.15, -0.1) is 0 Å². The fourth-order valence-corrected chi connectivity index (χ4v) is 2.52. The van der Waals surface area contributed by atoms with Crippen molar-refractivity contribution in [3.05, 3.63) is 75.8 Å². The van der Waals surface area contributed by atoms with Gasteiger partial charge in [0, 0.05) is 35.1 Å². The molecule has 0 aliphatic carbocycles. The van der Waals surface area contributed by atoms with Crippen LogP contribution in [0.4, 0.5) is 0 Å². The van der Waals surface area contributed by atoms with Crippen molar-refractivity contribution in [3.8, 4) is 0 Å². The van der Waals surface area contributed by atoms with Crippen LogP contribution in [-0.4, -0.2) is 23.0 Å². The minimum Gasteiger partial charge on any atom is -0.469 e. The number of hydrogen-bond donors (Lipinski definition) is 1. The van der Waals surface area contributed by atoms with Gasteiger partial charge in [0.15, 0.2) is 5.43 Å². The molecule has 0 bridgehead atoms. The van der Waals surface area contributed by atoms with Gasteiger partial charge in [-0.3, -0.25) is 14.6 Å². The van der Waals surface area contributed by atoms with Crippen molar-refractivity contribution in [1.82, 2.24) is 9.97 Å². The highest BCUT2D eigenvalue weighted by atomic mass is 16.5. The van der Waals surface area contributed by atoms with Crippen LogP contribution in [0, 0.1) is 0 Å². The van der Waals surface area contributed by atoms with Crippen LogP contribution in [0.2, 0.25) is 0 Å². The number of aromatic nitrogens is 2. The topological polar surface area (TPSA) is 72.1 Å². The largest absolute Gasteiger partial charge is 0.469 e. The number of pyridine rings is 2. The third-order valence-corrected chi connectivity index (χ3v) is 3.67. The molecule has 0 aliphatic heterocycles. The number of carbonyl (C=O) groups excluding carboxylic acids is 1. The number of rotatable bonds is 4. The van der Waals surface area contributed by atoms with E-state index in [1.165, 1.54) is 13.2 Å². The maximum Gasteiger partial charge on any atom is 0.311 e. The average molecular weight is 308 g/mol. The first-order valence-electron chi connectivity index (χ1n) is 7.26. The SMILES string of the molecule is COC(=O)Cc1cc(=O)c2cc(Cc3ccncc3)ccc2[nH]1. The maximum atomic E-state index is 12.3. The number of ether oxygens (including phenoxy) is 1. The van der Waals surface area contributed by atoms with E-state index in [0.717, 1.165) is 23.1 Å². The first kappa shape index (κ1) is 15.0. The number of fused-ring (bicyclic) bond motifs is 1. The highest BCUT2D eigenvalue weighted by Crippen LogP contribution is 2.15. The zero-order chi connectivity index (χ0) is 16.2. The molecule has 5 nitrogen and oxygen atoms in total. The van der Waals surface area contributed by atoms with Gasteiger partial charge in [0.2, 0.25) is 0 Å². The summed E-state index contributed by atoms with van der Waals surface area (Å²) in [6.07, 6.45) is 4.30. The third-order valence-electron chi connectivity index (χ3n) is 3.67. The maximum absolute atomic E-state index is 12.3. The number of carbonyl (C=O) groups is 1. The summed E-state index contributed by atoms with van der Waals surface area (Å²) in [6.45, 7) is 0. The Hall–Kier alpha value is -2.95. The van der Waals surface area contributed by atoms with Crippen LogP contribution in [0.3, 0.4) is 0 Å². The lowest BCUT2D eigenvalue weighted by Crippen LogP contribution is -2.11. The molecule has 0 unspecified atom stereocenters. The summed E-state index contributed by atoms with van der Waals surface area (Å²) in [6, 6.07) is 11.1. The van der Waals surface area contributed by atoms with E-state index < -0.39 is 0 Å². The van der Waals surface area contributed by atoms with E-state index in [4.69, 9.17) is 0 Å². The minimum absolute atomic E-state index is 0.0560. The van der Waals surface area contributed by atoms with E-state index in [1.807, 2.05) is 30.3 Å². The van der Waals surface area contributed by atoms with Gasteiger partial charge >= 0.3 is 5.97 Å². The number of methoxy groups -OCH3 is 1. The standard InChI is InChI=1S/C18H16N2O3/c1-23-18(22)11-14-10-17(21)15-9-13(2-3-16(15)20-14)8-12-4-6-19-7-5-12/h2-7,9-10H,8,11H2,1H3,(H,20,21). The van der Waals surface area contributed by atoms with Gasteiger partial charge in [-0.05, 0) is 41.8 Å². The number of nitrogens with zero attached hydrogens (tertiary/aromatic N) is 1. The number of esters is 1. The van der Waals surface area contributed by atoms with E-state index in [0.29, 0.717) is 11.1 Å². The summed E-state index contributed by atoms with van der Waals surface area (Å²) in [7, 11) is 1.33. The molecule has 0 atom stereocenters. The van der Waals surface area contributed by atoms with Crippen molar-refractivity contribution in [2.24, 2.45) is 0 Å². The zero-order valence-corrected chi connectivity index (χ0v) is 12.7. The predicted octanol–water partition coefficient (Wildman–Crippen LogP) is 2.23. The monoisotopic (exact) mass is 308 g/mol. The number of nitrogens with one attached hydrogen (secondary N) is 1. The molecular formula is C18H16N2O3. The van der Waals surface area contributed by atoms with E-state index in [2.05, 4.69) is 14.7 Å². The molecule has 0 amide bonds. The van der Waals surface area contributed by atoms with Crippen molar-refractivity contribution in [1.29, 1.82) is 0 Å². The van der Waals surface area contributed by atoms with Crippen LogP contribution >= 0.6 is 0 Å². The smallest absolute Gasteiger partial charge is 0.311 e. The second kappa shape index (κ2) is 6.44. The molecule has 0 spiro atoms. The lowest BCUT2D eigenvalue weighted by molar-refractivity contribution is -0.139. The normalized spacial score (nSPS) is 10.7. The Balaban J connectivity index is 1.94. The molecule has 0 fully saturated rings. The number of benzene rings is 1. The summed E-state index contributed by atoms with van der Waals surface area (Å²) in [5.74, 6) is -0.380. The summed E-state index contributed by atoms with van der Waals surface area (Å²) >= 11 is 0. The zero-order valence-electron chi connectivity index (χ0n) is 12.7. The van der Waals surface area contributed by atoms with Gasteiger partial charge in [0.1, 0.15) is 0 Å². The Kier molecular flexibility index (Phi) is 4.19. The van der Waals surface area contributed by atoms with Crippen LogP contribution in [0.5, 0.6) is 0 Å². The van der Waals surface area contributed by atoms with E-state index in [-0.39, 0.29) is 17.8 Å². The number of aromatic amines is 1. The fourth-order valence-electron chi connectivity index (χ4n) is 2.52. The molecule has 3 aromatic rings. The fraction of sp³-hybridized carbons (Fsp3) is 0.167. The van der Waals surface area contributed by atoms with Crippen LogP contribution in [-0.2, 0) is 22.4 Å². The van der Waals surface area contributed by atoms with E-state index >= 15 is 0 Å². The van der Waals surface area contributed by atoms with Gasteiger partial charge in [0.05, 0.1) is 13.5 Å². The molecular weight excluding hydrogens is 292 g/mol. The highest BCUT2D eigenvalue weighted by Gasteiger charge is 2.08. The van der Waals surface area contributed by atoms with Crippen molar-refractivity contribution in [2.75, 3.05) is 7.11 Å². The molecule has 5 heteroatoms. The number of hydrogen-bond acceptors (Lipinski definition) is 4. The van der Waals surface area contributed by atoms with Gasteiger partial charge in [0.25, 0.3) is 0 Å². The minimum atomic E-state index is -0.380. The molecule has 116 valence electrons. The van der Waals surface area contributed by atoms with Crippen molar-refractivity contribution < 1.29 is 9.53 Å². The van der Waals surface area contributed by atoms with Gasteiger partial charge in [-0.2, -0.15) is 0 Å². The van der Waals surface area contributed by atoms with Crippen molar-refractivity contribution in [3.63, 3.8) is 0 Å². The van der Waals surface area contributed by atoms with Crippen LogP contribution in [0.1, 0.15) is 16.8 Å². The second-order valence-corrected chi connectivity index (χ2v) is 5.32. The summed E-state index contributed by atoms with van der Waals surface area (Å²) in [5, 5.41) is 0.616. The lowest BCUT2D eigenvalue weighted by Gasteiger charge is -2.06. The lowest BCUT2D eigenvalue weighted by atomic mass is 10.0. The predicted molar refractivity (Wildman–Crippen MR) is 87.3 cm³/mol. The quantitative estimate of drug-likeness (QED) is 0.750. The van der Waals surface area contributed by atoms with Gasteiger partial charge in [-0.25, -0.2) is 0 Å². The molecule has 3 rings (SSSR count). The van der Waals surface area contributed by atoms with E-state index in [1.54, 1.807) is 12.4 Å². The van der Waals surface area contributed by atoms with Crippen LogP contribution in [0.15, 0.2) is 53.6 Å². The molecule has 23 heavy (non-hydrogen) atoms. The first-order chi connectivity index (χ1) is 11.2. The second-order valence-electron chi connectivity index (χ2n) is 5.32. The van der Waals surface area contributed by atoms with Gasteiger partial charge < -0.3 is 9.72 Å². The van der Waals surface area contributed by atoms with Crippen molar-refractivity contribution in [2.45, 2.75) is 12.8 Å². The van der Waals surface area contributed by atoms with E-state index in [9.17, 15) is 9.59 Å². The molecule has 1 N–H and O–H groups in total. The Labute approximate surface area is 133 Å². The van der Waals surface area contributed by atoms with Gasteiger partial charge in [-0.1, -0.05) is 6.07 Å². The molecule has 0 aliphatic rings. The molecule has 0 radical (unpaired) electrons. The third kappa shape index (κ3) is 3.45. The summed E-state index contributed by atoms with van der Waals surface area (Å²) in [5.41, 5.74) is 3.35. The first-order valence-corrected chi connectivity index (χ1v) is 7.26. The summed E-state index contributed by atoms with van der Waals surface area (Å²) < 4.78 is 4.63. The number of H-pyrrole nitrogens is 1. The highest BCUT2D eigenvalue weighted by molar-refractivity contribution is 5.80. The Morgan fingerprint density at radius 2 is 1.91 bits per heavy atom. The Morgan fingerprint density at radius 3 is 2.65 bits per heavy atom. The van der Waals surface area contributed by atoms with Crippen molar-refractivity contribution >= 4 is 16.9 Å². The molecule has 2 heterocycles. The Bertz CT molecular complexity index is 901. The average Bonchev–Trinajstić information content (AvgIpc) is 2.56.